The van der Waals surface area contributed by atoms with Crippen LogP contribution in [0.3, 0.4) is 0 Å². The summed E-state index contributed by atoms with van der Waals surface area (Å²) in [6, 6.07) is 3.64. The van der Waals surface area contributed by atoms with Crippen molar-refractivity contribution < 1.29 is 22.3 Å². The molecule has 0 aliphatic heterocycles. The average Bonchev–Trinajstić information content (AvgIpc) is 2.50. The van der Waals surface area contributed by atoms with Gasteiger partial charge in [0.05, 0.1) is 17.9 Å². The van der Waals surface area contributed by atoms with Crippen molar-refractivity contribution in [1.82, 2.24) is 0 Å². The van der Waals surface area contributed by atoms with E-state index in [0.717, 1.165) is 6.07 Å². The lowest BCUT2D eigenvalue weighted by Gasteiger charge is -2.23. The Morgan fingerprint density at radius 3 is 2.87 bits per heavy atom. The number of carbonyl (C=O) groups is 1. The summed E-state index contributed by atoms with van der Waals surface area (Å²) in [6.07, 6.45) is 3.08. The second kappa shape index (κ2) is 7.31. The summed E-state index contributed by atoms with van der Waals surface area (Å²) in [5, 5.41) is -0.902. The van der Waals surface area contributed by atoms with Crippen LogP contribution < -0.4 is 4.72 Å². The molecule has 8 heteroatoms. The summed E-state index contributed by atoms with van der Waals surface area (Å²) >= 11 is 5.65. The first-order valence-electron chi connectivity index (χ1n) is 7.19. The minimum absolute atomic E-state index is 0.0972. The van der Waals surface area contributed by atoms with Crippen molar-refractivity contribution in [3.63, 3.8) is 0 Å². The molecule has 126 valence electrons. The smallest absolute Gasteiger partial charge is 0.335 e. The summed E-state index contributed by atoms with van der Waals surface area (Å²) in [6.45, 7) is 1.80. The van der Waals surface area contributed by atoms with Crippen LogP contribution in [-0.4, -0.2) is 26.2 Å². The first kappa shape index (κ1) is 17.7. The first-order chi connectivity index (χ1) is 10.8. The van der Waals surface area contributed by atoms with Gasteiger partial charge in [0.15, 0.2) is 0 Å². The molecule has 0 bridgehead atoms. The lowest BCUT2D eigenvalue weighted by atomic mass is 9.99. The second-order valence-electron chi connectivity index (χ2n) is 5.07. The van der Waals surface area contributed by atoms with Gasteiger partial charge >= 0.3 is 5.97 Å². The third-order valence-corrected chi connectivity index (χ3v) is 5.43. The monoisotopic (exact) mass is 361 g/mol. The Hall–Kier alpha value is -1.60. The van der Waals surface area contributed by atoms with E-state index >= 15 is 0 Å². The summed E-state index contributed by atoms with van der Waals surface area (Å²) in [4.78, 5) is 11.9. The Morgan fingerprint density at radius 1 is 1.48 bits per heavy atom. The van der Waals surface area contributed by atoms with Crippen LogP contribution >= 0.6 is 11.6 Å². The van der Waals surface area contributed by atoms with Gasteiger partial charge in [0.1, 0.15) is 11.1 Å². The molecule has 0 heterocycles. The summed E-state index contributed by atoms with van der Waals surface area (Å²) in [5.74, 6) is -1.43. The van der Waals surface area contributed by atoms with E-state index in [-0.39, 0.29) is 29.3 Å². The van der Waals surface area contributed by atoms with Crippen molar-refractivity contribution in [2.45, 2.75) is 31.4 Å². The Kier molecular flexibility index (Phi) is 5.64. The van der Waals surface area contributed by atoms with Gasteiger partial charge in [-0.15, -0.1) is 0 Å². The molecule has 1 N–H and O–H groups in total. The predicted molar refractivity (Wildman–Crippen MR) is 86.3 cm³/mol. The number of hydrogen-bond acceptors (Lipinski definition) is 4. The number of carbonyl (C=O) groups excluding carboxylic acids is 1. The molecule has 1 aromatic rings. The number of sulfonamides is 1. The largest absolute Gasteiger partial charge is 0.463 e. The van der Waals surface area contributed by atoms with Crippen molar-refractivity contribution in [3.05, 3.63) is 40.7 Å². The molecular formula is C15H17ClFNO4S. The topological polar surface area (TPSA) is 72.5 Å². The maximum Gasteiger partial charge on any atom is 0.335 e. The zero-order valence-corrected chi connectivity index (χ0v) is 14.1. The fourth-order valence-electron chi connectivity index (χ4n) is 2.40. The number of halogens is 2. The molecule has 0 spiro atoms. The third-order valence-electron chi connectivity index (χ3n) is 3.45. The highest BCUT2D eigenvalue weighted by Gasteiger charge is 2.35. The Labute approximate surface area is 139 Å². The zero-order valence-electron chi connectivity index (χ0n) is 12.5. The Morgan fingerprint density at radius 2 is 2.22 bits per heavy atom. The van der Waals surface area contributed by atoms with E-state index in [0.29, 0.717) is 12.8 Å². The van der Waals surface area contributed by atoms with Gasteiger partial charge in [-0.2, -0.15) is 0 Å². The lowest BCUT2D eigenvalue weighted by molar-refractivity contribution is -0.138. The average molecular weight is 362 g/mol. The van der Waals surface area contributed by atoms with E-state index in [2.05, 4.69) is 4.72 Å². The molecule has 23 heavy (non-hydrogen) atoms. The van der Waals surface area contributed by atoms with E-state index in [1.54, 1.807) is 13.0 Å². The second-order valence-corrected chi connectivity index (χ2v) is 7.37. The molecule has 1 aromatic carbocycles. The van der Waals surface area contributed by atoms with Gasteiger partial charge in [-0.25, -0.2) is 17.6 Å². The number of anilines is 1. The van der Waals surface area contributed by atoms with Gasteiger partial charge in [-0.05, 0) is 44.4 Å². The molecule has 0 radical (unpaired) electrons. The normalized spacial score (nSPS) is 18.2. The molecule has 0 saturated heterocycles. The standard InChI is InChI=1S/C15H17ClFNO4S/c1-2-22-15(19)11-5-3-4-6-14(11)23(20,21)18-13-8-7-10(16)9-12(13)17/h5,7-9,14,18H,2-4,6H2,1H3. The maximum atomic E-state index is 13.8. The van der Waals surface area contributed by atoms with Crippen molar-refractivity contribution >= 4 is 33.3 Å². The fraction of sp³-hybridized carbons (Fsp3) is 0.400. The molecule has 0 fully saturated rings. The van der Waals surface area contributed by atoms with E-state index in [1.165, 1.54) is 12.1 Å². The van der Waals surface area contributed by atoms with Gasteiger partial charge in [-0.3, -0.25) is 4.72 Å². The van der Waals surface area contributed by atoms with Crippen LogP contribution in [0.5, 0.6) is 0 Å². The number of rotatable bonds is 5. The predicted octanol–water partition coefficient (Wildman–Crippen LogP) is 3.26. The van der Waals surface area contributed by atoms with Crippen LogP contribution in [0.1, 0.15) is 26.2 Å². The highest BCUT2D eigenvalue weighted by atomic mass is 35.5. The SMILES string of the molecule is CCOC(=O)C1=CCCCC1S(=O)(=O)Nc1ccc(Cl)cc1F. The maximum absolute atomic E-state index is 13.8. The molecule has 0 aromatic heterocycles. The van der Waals surface area contributed by atoms with E-state index in [1.807, 2.05) is 0 Å². The third kappa shape index (κ3) is 4.23. The molecule has 1 aliphatic carbocycles. The number of allylic oxidation sites excluding steroid dienone is 1. The van der Waals surface area contributed by atoms with Crippen LogP contribution in [0, 0.1) is 5.82 Å². The molecular weight excluding hydrogens is 345 g/mol. The summed E-state index contributed by atoms with van der Waals surface area (Å²) < 4.78 is 46.0. The van der Waals surface area contributed by atoms with Crippen molar-refractivity contribution in [3.8, 4) is 0 Å². The first-order valence-corrected chi connectivity index (χ1v) is 9.11. The van der Waals surface area contributed by atoms with Gasteiger partial charge < -0.3 is 4.74 Å². The van der Waals surface area contributed by atoms with Crippen LogP contribution in [0.4, 0.5) is 10.1 Å². The number of nitrogens with one attached hydrogen (secondary N) is 1. The number of hydrogen-bond donors (Lipinski definition) is 1. The van der Waals surface area contributed by atoms with Gasteiger partial charge in [0, 0.05) is 5.02 Å². The van der Waals surface area contributed by atoms with Crippen LogP contribution in [0.2, 0.25) is 5.02 Å². The van der Waals surface area contributed by atoms with Crippen LogP contribution in [0.15, 0.2) is 29.8 Å². The zero-order chi connectivity index (χ0) is 17.0. The molecule has 5 nitrogen and oxygen atoms in total. The summed E-state index contributed by atoms with van der Waals surface area (Å²) in [5.41, 5.74) is -0.108. The van der Waals surface area contributed by atoms with E-state index < -0.39 is 27.1 Å². The Balaban J connectivity index is 2.28. The van der Waals surface area contributed by atoms with Gasteiger partial charge in [-0.1, -0.05) is 17.7 Å². The van der Waals surface area contributed by atoms with Crippen LogP contribution in [-0.2, 0) is 19.6 Å². The molecule has 1 unspecified atom stereocenters. The van der Waals surface area contributed by atoms with Crippen LogP contribution in [0.25, 0.3) is 0 Å². The molecule has 1 atom stereocenters. The van der Waals surface area contributed by atoms with Crippen molar-refractivity contribution in [2.24, 2.45) is 0 Å². The minimum atomic E-state index is -3.99. The van der Waals surface area contributed by atoms with Gasteiger partial charge in [0.25, 0.3) is 0 Å². The quantitative estimate of drug-likeness (QED) is 0.817. The van der Waals surface area contributed by atoms with E-state index in [9.17, 15) is 17.6 Å². The molecule has 1 aliphatic rings. The Bertz CT molecular complexity index is 733. The summed E-state index contributed by atoms with van der Waals surface area (Å²) in [7, 11) is -3.99. The highest BCUT2D eigenvalue weighted by molar-refractivity contribution is 7.93. The van der Waals surface area contributed by atoms with Gasteiger partial charge in [0.2, 0.25) is 10.0 Å². The fourth-order valence-corrected chi connectivity index (χ4v) is 4.17. The van der Waals surface area contributed by atoms with Crippen molar-refractivity contribution in [1.29, 1.82) is 0 Å². The number of benzene rings is 1. The van der Waals surface area contributed by atoms with E-state index in [4.69, 9.17) is 16.3 Å². The number of esters is 1. The molecule has 2 rings (SSSR count). The molecule has 0 saturated carbocycles. The highest BCUT2D eigenvalue weighted by Crippen LogP contribution is 2.28. The van der Waals surface area contributed by atoms with Crippen molar-refractivity contribution in [2.75, 3.05) is 11.3 Å². The minimum Gasteiger partial charge on any atom is -0.463 e. The number of ether oxygens (including phenoxy) is 1. The molecule has 0 amide bonds. The lowest BCUT2D eigenvalue weighted by Crippen LogP contribution is -2.34.